The van der Waals surface area contributed by atoms with Crippen LogP contribution in [0.3, 0.4) is 0 Å². The van der Waals surface area contributed by atoms with Crippen LogP contribution < -0.4 is 21.5 Å². The van der Waals surface area contributed by atoms with Crippen LogP contribution in [0.25, 0.3) is 0 Å². The standard InChI is InChI=1S/C13H13BrN.BrH/c1-11-6-2-3-7-12(11)10-15-9-5-4-8-13(15)14;/h2-9H,10H2,1H3;1H/q+1;/p-1. The third kappa shape index (κ3) is 3.16. The third-order valence-electron chi connectivity index (χ3n) is 2.49. The molecule has 2 rings (SSSR count). The Morgan fingerprint density at radius 3 is 2.44 bits per heavy atom. The molecule has 0 aliphatic heterocycles. The average Bonchev–Trinajstić information content (AvgIpc) is 2.24. The van der Waals surface area contributed by atoms with Crippen LogP contribution in [-0.4, -0.2) is 0 Å². The Balaban J connectivity index is 0.00000128. The summed E-state index contributed by atoms with van der Waals surface area (Å²) >= 11 is 3.54. The number of halogens is 2. The largest absolute Gasteiger partial charge is 1.00 e. The van der Waals surface area contributed by atoms with Crippen molar-refractivity contribution in [3.63, 3.8) is 0 Å². The maximum absolute atomic E-state index is 3.54. The molecule has 0 aliphatic carbocycles. The normalized spacial score (nSPS) is 9.62. The number of hydrogen-bond donors (Lipinski definition) is 0. The maximum atomic E-state index is 3.54. The molecule has 1 aromatic heterocycles. The highest BCUT2D eigenvalue weighted by Gasteiger charge is 2.08. The van der Waals surface area contributed by atoms with Gasteiger partial charge in [-0.25, -0.2) is 0 Å². The lowest BCUT2D eigenvalue weighted by molar-refractivity contribution is -0.699. The first-order valence-corrected chi connectivity index (χ1v) is 5.75. The van der Waals surface area contributed by atoms with Gasteiger partial charge in [-0.3, -0.25) is 0 Å². The average molecular weight is 343 g/mol. The van der Waals surface area contributed by atoms with Gasteiger partial charge in [0.15, 0.2) is 12.7 Å². The van der Waals surface area contributed by atoms with Crippen LogP contribution in [0.5, 0.6) is 0 Å². The molecule has 16 heavy (non-hydrogen) atoms. The van der Waals surface area contributed by atoms with Crippen LogP contribution in [-0.2, 0) is 6.54 Å². The zero-order chi connectivity index (χ0) is 10.7. The highest BCUT2D eigenvalue weighted by molar-refractivity contribution is 9.10. The lowest BCUT2D eigenvalue weighted by Gasteiger charge is -2.02. The molecule has 0 spiro atoms. The van der Waals surface area contributed by atoms with Gasteiger partial charge in [0.2, 0.25) is 4.60 Å². The molecule has 0 N–H and O–H groups in total. The Morgan fingerprint density at radius 2 is 1.75 bits per heavy atom. The molecule has 3 heteroatoms. The highest BCUT2D eigenvalue weighted by atomic mass is 79.9. The van der Waals surface area contributed by atoms with E-state index in [1.54, 1.807) is 0 Å². The summed E-state index contributed by atoms with van der Waals surface area (Å²) in [6, 6.07) is 14.6. The number of pyridine rings is 1. The maximum Gasteiger partial charge on any atom is 0.248 e. The van der Waals surface area contributed by atoms with Gasteiger partial charge in [0.05, 0.1) is 0 Å². The van der Waals surface area contributed by atoms with E-state index in [4.69, 9.17) is 0 Å². The molecule has 0 fully saturated rings. The van der Waals surface area contributed by atoms with Gasteiger partial charge in [0.1, 0.15) is 0 Å². The number of benzene rings is 1. The zero-order valence-corrected chi connectivity index (χ0v) is 12.2. The molecule has 0 saturated heterocycles. The van der Waals surface area contributed by atoms with Crippen LogP contribution >= 0.6 is 15.9 Å². The van der Waals surface area contributed by atoms with E-state index in [1.165, 1.54) is 11.1 Å². The number of aryl methyl sites for hydroxylation is 1. The Hall–Kier alpha value is -0.670. The summed E-state index contributed by atoms with van der Waals surface area (Å²) < 4.78 is 3.29. The Kier molecular flexibility index (Phi) is 5.16. The molecular formula is C13H13Br2N. The molecule has 0 aliphatic rings. The molecule has 1 heterocycles. The van der Waals surface area contributed by atoms with E-state index in [0.717, 1.165) is 11.1 Å². The van der Waals surface area contributed by atoms with E-state index in [-0.39, 0.29) is 17.0 Å². The lowest BCUT2D eigenvalue weighted by Crippen LogP contribution is -3.00. The van der Waals surface area contributed by atoms with Gasteiger partial charge >= 0.3 is 0 Å². The Morgan fingerprint density at radius 1 is 1.06 bits per heavy atom. The second-order valence-electron chi connectivity index (χ2n) is 3.58. The van der Waals surface area contributed by atoms with Crippen LogP contribution in [0.2, 0.25) is 0 Å². The minimum Gasteiger partial charge on any atom is -1.00 e. The Labute approximate surface area is 115 Å². The smallest absolute Gasteiger partial charge is 0.248 e. The minimum absolute atomic E-state index is 0. The molecule has 0 saturated carbocycles. The zero-order valence-electron chi connectivity index (χ0n) is 9.03. The summed E-state index contributed by atoms with van der Waals surface area (Å²) in [6.45, 7) is 3.06. The molecule has 84 valence electrons. The number of rotatable bonds is 2. The topological polar surface area (TPSA) is 3.88 Å². The van der Waals surface area contributed by atoms with Gasteiger partial charge in [-0.15, -0.1) is 0 Å². The summed E-state index contributed by atoms with van der Waals surface area (Å²) in [7, 11) is 0. The molecule has 0 amide bonds. The summed E-state index contributed by atoms with van der Waals surface area (Å²) in [5.74, 6) is 0. The summed E-state index contributed by atoms with van der Waals surface area (Å²) in [5, 5.41) is 0. The molecule has 0 bridgehead atoms. The van der Waals surface area contributed by atoms with Crippen LogP contribution in [0, 0.1) is 6.92 Å². The van der Waals surface area contributed by atoms with E-state index < -0.39 is 0 Å². The van der Waals surface area contributed by atoms with E-state index in [0.29, 0.717) is 0 Å². The lowest BCUT2D eigenvalue weighted by atomic mass is 10.1. The molecule has 0 unspecified atom stereocenters. The predicted molar refractivity (Wildman–Crippen MR) is 64.6 cm³/mol. The molecule has 1 aromatic carbocycles. The van der Waals surface area contributed by atoms with Crippen molar-refractivity contribution in [3.05, 3.63) is 64.4 Å². The van der Waals surface area contributed by atoms with Crippen molar-refractivity contribution in [2.75, 3.05) is 0 Å². The van der Waals surface area contributed by atoms with Crippen LogP contribution in [0.1, 0.15) is 11.1 Å². The van der Waals surface area contributed by atoms with E-state index >= 15 is 0 Å². The Bertz CT molecular complexity index is 425. The van der Waals surface area contributed by atoms with E-state index in [9.17, 15) is 0 Å². The monoisotopic (exact) mass is 341 g/mol. The highest BCUT2D eigenvalue weighted by Crippen LogP contribution is 2.08. The van der Waals surface area contributed by atoms with Gasteiger partial charge in [0.25, 0.3) is 0 Å². The van der Waals surface area contributed by atoms with Gasteiger partial charge in [-0.05, 0) is 18.6 Å². The van der Waals surface area contributed by atoms with Crippen LogP contribution in [0.15, 0.2) is 53.3 Å². The number of aromatic nitrogens is 1. The number of hydrogen-bond acceptors (Lipinski definition) is 0. The first-order chi connectivity index (χ1) is 7.27. The van der Waals surface area contributed by atoms with E-state index in [2.05, 4.69) is 63.9 Å². The second kappa shape index (κ2) is 6.16. The van der Waals surface area contributed by atoms with Gasteiger partial charge in [-0.2, -0.15) is 4.57 Å². The predicted octanol–water partition coefficient (Wildman–Crippen LogP) is 0.0973. The fraction of sp³-hybridized carbons (Fsp3) is 0.154. The molecule has 2 aromatic rings. The van der Waals surface area contributed by atoms with Crippen molar-refractivity contribution in [2.24, 2.45) is 0 Å². The first-order valence-electron chi connectivity index (χ1n) is 4.96. The van der Waals surface area contributed by atoms with Crippen molar-refractivity contribution in [3.8, 4) is 0 Å². The van der Waals surface area contributed by atoms with Crippen molar-refractivity contribution >= 4 is 15.9 Å². The van der Waals surface area contributed by atoms with Crippen molar-refractivity contribution in [1.82, 2.24) is 0 Å². The molecule has 0 radical (unpaired) electrons. The molecule has 1 nitrogen and oxygen atoms in total. The summed E-state index contributed by atoms with van der Waals surface area (Å²) in [6.07, 6.45) is 2.08. The van der Waals surface area contributed by atoms with Gasteiger partial charge < -0.3 is 17.0 Å². The minimum atomic E-state index is 0. The third-order valence-corrected chi connectivity index (χ3v) is 3.21. The van der Waals surface area contributed by atoms with E-state index in [1.807, 2.05) is 12.1 Å². The number of nitrogens with zero attached hydrogens (tertiary/aromatic N) is 1. The first kappa shape index (κ1) is 13.4. The quantitative estimate of drug-likeness (QED) is 0.538. The molecular weight excluding hydrogens is 330 g/mol. The fourth-order valence-corrected chi connectivity index (χ4v) is 1.95. The van der Waals surface area contributed by atoms with Crippen LogP contribution in [0.4, 0.5) is 0 Å². The summed E-state index contributed by atoms with van der Waals surface area (Å²) in [5.41, 5.74) is 2.69. The van der Waals surface area contributed by atoms with Crippen molar-refractivity contribution in [2.45, 2.75) is 13.5 Å². The second-order valence-corrected chi connectivity index (χ2v) is 4.39. The van der Waals surface area contributed by atoms with Gasteiger partial charge in [0, 0.05) is 33.6 Å². The summed E-state index contributed by atoms with van der Waals surface area (Å²) in [4.78, 5) is 0. The van der Waals surface area contributed by atoms with Crippen molar-refractivity contribution < 1.29 is 21.5 Å². The van der Waals surface area contributed by atoms with Gasteiger partial charge in [-0.1, -0.05) is 24.3 Å². The van der Waals surface area contributed by atoms with Crippen molar-refractivity contribution in [1.29, 1.82) is 0 Å². The SMILES string of the molecule is Cc1ccccc1C[n+]1ccccc1Br.[Br-]. The fourth-order valence-electron chi connectivity index (χ4n) is 1.55. The molecule has 0 atom stereocenters.